The van der Waals surface area contributed by atoms with Crippen molar-refractivity contribution in [3.05, 3.63) is 55.2 Å². The number of halogens is 1. The molecule has 0 saturated carbocycles. The summed E-state index contributed by atoms with van der Waals surface area (Å²) >= 11 is 1.25. The van der Waals surface area contributed by atoms with Crippen LogP contribution >= 0.6 is 11.3 Å². The predicted octanol–water partition coefficient (Wildman–Crippen LogP) is 1.81. The van der Waals surface area contributed by atoms with Crippen molar-refractivity contribution in [2.75, 3.05) is 0 Å². The Balaban J connectivity index is 2.56. The number of hydrogen-bond donors (Lipinski definition) is 0. The average molecular weight is 319 g/mol. The maximum atomic E-state index is 12.9. The van der Waals surface area contributed by atoms with Gasteiger partial charge in [0.15, 0.2) is 5.78 Å². The fourth-order valence-corrected chi connectivity index (χ4v) is 2.78. The van der Waals surface area contributed by atoms with Crippen molar-refractivity contribution < 1.29 is 9.18 Å². The number of carbonyl (C=O) groups excluding carboxylic acids is 1. The number of Topliss-reactive ketones (excluding diaryl/α,β-unsaturated/α-hetero) is 1. The molecule has 0 fully saturated rings. The highest BCUT2D eigenvalue weighted by Crippen LogP contribution is 2.14. The molecule has 0 spiro atoms. The van der Waals surface area contributed by atoms with E-state index in [1.807, 2.05) is 20.8 Å². The number of nitrogens with zero attached hydrogens (tertiary/aromatic N) is 1. The van der Waals surface area contributed by atoms with Gasteiger partial charge in [0.2, 0.25) is 0 Å². The molecule has 0 aliphatic rings. The summed E-state index contributed by atoms with van der Waals surface area (Å²) in [7, 11) is 1.64. The summed E-state index contributed by atoms with van der Waals surface area (Å²) in [5.41, 5.74) is 0.0947. The van der Waals surface area contributed by atoms with Gasteiger partial charge in [0.25, 0.3) is 5.56 Å². The van der Waals surface area contributed by atoms with Crippen LogP contribution in [-0.2, 0) is 11.8 Å². The van der Waals surface area contributed by atoms with Gasteiger partial charge in [-0.3, -0.25) is 9.59 Å². The van der Waals surface area contributed by atoms with Crippen LogP contribution in [0, 0.1) is 11.2 Å². The van der Waals surface area contributed by atoms with E-state index in [4.69, 9.17) is 0 Å². The van der Waals surface area contributed by atoms with Crippen LogP contribution < -0.4 is 14.8 Å². The van der Waals surface area contributed by atoms with Crippen LogP contribution in [0.15, 0.2) is 29.1 Å². The summed E-state index contributed by atoms with van der Waals surface area (Å²) in [6.45, 7) is 5.51. The van der Waals surface area contributed by atoms with E-state index in [1.54, 1.807) is 25.3 Å². The molecule has 0 unspecified atom stereocenters. The number of aromatic nitrogens is 1. The van der Waals surface area contributed by atoms with Crippen molar-refractivity contribution in [1.82, 2.24) is 4.57 Å². The maximum Gasteiger partial charge on any atom is 0.268 e. The van der Waals surface area contributed by atoms with E-state index in [0.717, 1.165) is 5.56 Å². The van der Waals surface area contributed by atoms with Gasteiger partial charge in [0.05, 0.1) is 4.53 Å². The first-order valence-corrected chi connectivity index (χ1v) is 7.69. The minimum atomic E-state index is -0.485. The summed E-state index contributed by atoms with van der Waals surface area (Å²) in [4.78, 5) is 24.3. The van der Waals surface area contributed by atoms with Crippen molar-refractivity contribution in [2.45, 2.75) is 20.8 Å². The highest BCUT2D eigenvalue weighted by Gasteiger charge is 2.19. The lowest BCUT2D eigenvalue weighted by molar-refractivity contribution is -0.120. The SMILES string of the molecule is Cn1c(=O)/c(=C/c2ccc(F)cc2)s/c1=C/C(=O)C(C)(C)C. The first-order chi connectivity index (χ1) is 10.2. The van der Waals surface area contributed by atoms with Crippen LogP contribution in [-0.4, -0.2) is 10.4 Å². The molecule has 0 amide bonds. The van der Waals surface area contributed by atoms with Crippen LogP contribution in [0.1, 0.15) is 26.3 Å². The molecule has 2 aromatic rings. The fraction of sp³-hybridized carbons (Fsp3) is 0.294. The Hall–Kier alpha value is -2.01. The third kappa shape index (κ3) is 3.60. The van der Waals surface area contributed by atoms with Crippen molar-refractivity contribution in [3.8, 4) is 0 Å². The lowest BCUT2D eigenvalue weighted by Gasteiger charge is -2.12. The zero-order valence-electron chi connectivity index (χ0n) is 13.0. The molecule has 0 bridgehead atoms. The zero-order chi connectivity index (χ0) is 16.5. The van der Waals surface area contributed by atoms with Gasteiger partial charge in [-0.15, -0.1) is 11.3 Å². The number of rotatable bonds is 2. The van der Waals surface area contributed by atoms with E-state index in [1.165, 1.54) is 34.1 Å². The summed E-state index contributed by atoms with van der Waals surface area (Å²) in [6.07, 6.45) is 3.21. The van der Waals surface area contributed by atoms with Gasteiger partial charge in [-0.25, -0.2) is 4.39 Å². The van der Waals surface area contributed by atoms with Crippen LogP contribution in [0.25, 0.3) is 12.2 Å². The van der Waals surface area contributed by atoms with Crippen molar-refractivity contribution in [2.24, 2.45) is 12.5 Å². The minimum Gasteiger partial charge on any atom is -0.302 e. The van der Waals surface area contributed by atoms with E-state index in [-0.39, 0.29) is 17.2 Å². The Bertz CT molecular complexity index is 867. The summed E-state index contributed by atoms with van der Waals surface area (Å²) in [5, 5.41) is 0. The molecule has 0 N–H and O–H groups in total. The van der Waals surface area contributed by atoms with E-state index >= 15 is 0 Å². The molecule has 0 aliphatic carbocycles. The van der Waals surface area contributed by atoms with E-state index in [2.05, 4.69) is 0 Å². The van der Waals surface area contributed by atoms with Crippen LogP contribution in [0.2, 0.25) is 0 Å². The number of thiazole rings is 1. The topological polar surface area (TPSA) is 39.1 Å². The minimum absolute atomic E-state index is 0.0299. The number of benzene rings is 1. The molecule has 0 saturated heterocycles. The second-order valence-corrected chi connectivity index (χ2v) is 7.19. The number of carbonyl (C=O) groups is 1. The molecule has 3 nitrogen and oxygen atoms in total. The fourth-order valence-electron chi connectivity index (χ4n) is 1.75. The van der Waals surface area contributed by atoms with Gasteiger partial charge >= 0.3 is 0 Å². The molecule has 1 heterocycles. The molecule has 0 radical (unpaired) electrons. The van der Waals surface area contributed by atoms with Crippen molar-refractivity contribution in [1.29, 1.82) is 0 Å². The van der Waals surface area contributed by atoms with E-state index in [0.29, 0.717) is 9.20 Å². The molecule has 22 heavy (non-hydrogen) atoms. The van der Waals surface area contributed by atoms with Crippen LogP contribution in [0.3, 0.4) is 0 Å². The molecule has 116 valence electrons. The Morgan fingerprint density at radius 2 is 1.82 bits per heavy atom. The summed E-state index contributed by atoms with van der Waals surface area (Å²) in [5.74, 6) is -0.348. The van der Waals surface area contributed by atoms with Gasteiger partial charge < -0.3 is 4.57 Å². The first kappa shape index (κ1) is 16.4. The first-order valence-electron chi connectivity index (χ1n) is 6.88. The molecule has 0 atom stereocenters. The monoisotopic (exact) mass is 319 g/mol. The molecule has 2 rings (SSSR count). The molecule has 1 aromatic carbocycles. The highest BCUT2D eigenvalue weighted by atomic mass is 32.1. The smallest absolute Gasteiger partial charge is 0.268 e. The largest absolute Gasteiger partial charge is 0.302 e. The number of ketones is 1. The van der Waals surface area contributed by atoms with E-state index in [9.17, 15) is 14.0 Å². The molecule has 1 aromatic heterocycles. The lowest BCUT2D eigenvalue weighted by Crippen LogP contribution is -2.30. The molecule has 0 aliphatic heterocycles. The standard InChI is InChI=1S/C17H18FNO2S/c1-17(2,3)14(20)10-15-19(4)16(21)13(22-15)9-11-5-7-12(18)8-6-11/h5-10H,1-4H3/b13-9-,15-10+. The molecular formula is C17H18FNO2S. The summed E-state index contributed by atoms with van der Waals surface area (Å²) in [6, 6.07) is 5.91. The van der Waals surface area contributed by atoms with Crippen LogP contribution in [0.5, 0.6) is 0 Å². The number of hydrogen-bond acceptors (Lipinski definition) is 3. The van der Waals surface area contributed by atoms with Gasteiger partial charge in [-0.05, 0) is 23.8 Å². The van der Waals surface area contributed by atoms with Gasteiger partial charge in [0, 0.05) is 18.5 Å². The Labute approximate surface area is 132 Å². The second-order valence-electron chi connectivity index (χ2n) is 6.12. The van der Waals surface area contributed by atoms with Crippen LogP contribution in [0.4, 0.5) is 4.39 Å². The predicted molar refractivity (Wildman–Crippen MR) is 87.7 cm³/mol. The van der Waals surface area contributed by atoms with Gasteiger partial charge in [-0.1, -0.05) is 32.9 Å². The van der Waals surface area contributed by atoms with Crippen molar-refractivity contribution >= 4 is 29.3 Å². The van der Waals surface area contributed by atoms with Gasteiger partial charge in [-0.2, -0.15) is 0 Å². The average Bonchev–Trinajstić information content (AvgIpc) is 2.69. The Morgan fingerprint density at radius 1 is 1.23 bits per heavy atom. The quantitative estimate of drug-likeness (QED) is 0.847. The van der Waals surface area contributed by atoms with Crippen molar-refractivity contribution in [3.63, 3.8) is 0 Å². The van der Waals surface area contributed by atoms with Gasteiger partial charge in [0.1, 0.15) is 10.5 Å². The molecule has 5 heteroatoms. The Morgan fingerprint density at radius 3 is 2.36 bits per heavy atom. The lowest BCUT2D eigenvalue weighted by atomic mass is 9.91. The molecular weight excluding hydrogens is 301 g/mol. The highest BCUT2D eigenvalue weighted by molar-refractivity contribution is 7.07. The Kier molecular flexibility index (Phi) is 4.47. The second kappa shape index (κ2) is 6.01. The maximum absolute atomic E-state index is 12.9. The third-order valence-corrected chi connectivity index (χ3v) is 4.34. The normalized spacial score (nSPS) is 13.7. The van der Waals surface area contributed by atoms with E-state index < -0.39 is 5.41 Å². The third-order valence-electron chi connectivity index (χ3n) is 3.22. The zero-order valence-corrected chi connectivity index (χ0v) is 13.8. The summed E-state index contributed by atoms with van der Waals surface area (Å²) < 4.78 is 15.5.